The quantitative estimate of drug-likeness (QED) is 0.194. The molecule has 0 saturated heterocycles. The highest BCUT2D eigenvalue weighted by atomic mass is 127. The second-order valence-electron chi connectivity index (χ2n) is 7.81. The molecule has 3 aromatic carbocycles. The van der Waals surface area contributed by atoms with E-state index in [2.05, 4.69) is 59.2 Å². The van der Waals surface area contributed by atoms with Crippen LogP contribution in [0.15, 0.2) is 66.7 Å². The minimum atomic E-state index is -0.282. The maximum Gasteiger partial charge on any atom is 0.257 e. The second kappa shape index (κ2) is 10.6. The molecule has 0 aliphatic rings. The molecule has 8 heteroatoms. The molecule has 0 atom stereocenters. The summed E-state index contributed by atoms with van der Waals surface area (Å²) in [5, 5.41) is 7.04. The number of ether oxygens (including phenoxy) is 1. The molecule has 0 saturated carbocycles. The van der Waals surface area contributed by atoms with Crippen LogP contribution in [0.5, 0.6) is 5.75 Å². The lowest BCUT2D eigenvalue weighted by molar-refractivity contribution is 0.0977. The van der Waals surface area contributed by atoms with Gasteiger partial charge in [0.1, 0.15) is 10.8 Å². The van der Waals surface area contributed by atoms with Crippen LogP contribution in [0.3, 0.4) is 0 Å². The average Bonchev–Trinajstić information content (AvgIpc) is 3.23. The molecule has 0 spiro atoms. The predicted molar refractivity (Wildman–Crippen MR) is 148 cm³/mol. The zero-order chi connectivity index (χ0) is 23.4. The van der Waals surface area contributed by atoms with Crippen molar-refractivity contribution in [3.63, 3.8) is 0 Å². The van der Waals surface area contributed by atoms with E-state index in [1.165, 1.54) is 0 Å². The average molecular weight is 588 g/mol. The number of aromatic nitrogens is 1. The highest BCUT2D eigenvalue weighted by Crippen LogP contribution is 2.35. The first-order valence-corrected chi connectivity index (χ1v) is 12.7. The van der Waals surface area contributed by atoms with Crippen molar-refractivity contribution in [3.8, 4) is 16.3 Å². The van der Waals surface area contributed by atoms with E-state index in [4.69, 9.17) is 21.9 Å². The molecule has 2 N–H and O–H groups in total. The number of fused-ring (bicyclic) bond motifs is 1. The monoisotopic (exact) mass is 587 g/mol. The van der Waals surface area contributed by atoms with Gasteiger partial charge in [-0.3, -0.25) is 10.1 Å². The first-order chi connectivity index (χ1) is 15.9. The normalized spacial score (nSPS) is 10.9. The number of carbonyl (C=O) groups is 1. The number of thiazole rings is 1. The maximum absolute atomic E-state index is 12.7. The third-order valence-electron chi connectivity index (χ3n) is 4.68. The number of thiocarbonyl (C=S) groups is 1. The smallest absolute Gasteiger partial charge is 0.257 e. The Balaban J connectivity index is 1.47. The third-order valence-corrected chi connectivity index (χ3v) is 6.63. The summed E-state index contributed by atoms with van der Waals surface area (Å²) in [6, 6.07) is 21.1. The molecule has 1 amide bonds. The van der Waals surface area contributed by atoms with Gasteiger partial charge in [0.15, 0.2) is 5.11 Å². The molecule has 5 nitrogen and oxygen atoms in total. The van der Waals surface area contributed by atoms with E-state index < -0.39 is 0 Å². The van der Waals surface area contributed by atoms with Crippen LogP contribution in [-0.4, -0.2) is 22.6 Å². The van der Waals surface area contributed by atoms with Crippen LogP contribution < -0.4 is 15.4 Å². The molecule has 33 heavy (non-hydrogen) atoms. The Morgan fingerprint density at radius 1 is 1.12 bits per heavy atom. The summed E-state index contributed by atoms with van der Waals surface area (Å²) in [6.45, 7) is 4.81. The fourth-order valence-electron chi connectivity index (χ4n) is 3.08. The number of para-hydroxylation sites is 1. The number of rotatable bonds is 6. The zero-order valence-electron chi connectivity index (χ0n) is 18.1. The molecule has 168 valence electrons. The molecule has 0 bridgehead atoms. The molecular weight excluding hydrogens is 565 g/mol. The largest absolute Gasteiger partial charge is 0.493 e. The van der Waals surface area contributed by atoms with Crippen molar-refractivity contribution in [1.82, 2.24) is 10.3 Å². The van der Waals surface area contributed by atoms with Crippen LogP contribution in [-0.2, 0) is 0 Å². The van der Waals surface area contributed by atoms with E-state index in [0.717, 1.165) is 35.8 Å². The number of amides is 1. The van der Waals surface area contributed by atoms with Gasteiger partial charge in [-0.25, -0.2) is 4.98 Å². The van der Waals surface area contributed by atoms with Crippen LogP contribution >= 0.6 is 46.1 Å². The summed E-state index contributed by atoms with van der Waals surface area (Å²) in [6.07, 6.45) is 0. The van der Waals surface area contributed by atoms with Crippen molar-refractivity contribution in [3.05, 3.63) is 75.9 Å². The Hall–Kier alpha value is -2.56. The zero-order valence-corrected chi connectivity index (χ0v) is 21.9. The molecule has 1 aromatic heterocycles. The molecule has 0 fully saturated rings. The Bertz CT molecular complexity index is 1270. The van der Waals surface area contributed by atoms with Crippen LogP contribution in [0.2, 0.25) is 0 Å². The lowest BCUT2D eigenvalue weighted by Gasteiger charge is -2.13. The molecule has 4 aromatic rings. The highest BCUT2D eigenvalue weighted by molar-refractivity contribution is 14.1. The molecular formula is C25H22IN3O2S2. The summed E-state index contributed by atoms with van der Waals surface area (Å²) in [4.78, 5) is 17.4. The van der Waals surface area contributed by atoms with Crippen molar-refractivity contribution in [2.24, 2.45) is 5.92 Å². The molecule has 1 heterocycles. The van der Waals surface area contributed by atoms with Crippen LogP contribution in [0.1, 0.15) is 24.2 Å². The van der Waals surface area contributed by atoms with Gasteiger partial charge in [0.25, 0.3) is 5.91 Å². The fourth-order valence-corrected chi connectivity index (χ4v) is 4.77. The lowest BCUT2D eigenvalue weighted by atomic mass is 10.2. The van der Waals surface area contributed by atoms with E-state index in [1.807, 2.05) is 30.3 Å². The van der Waals surface area contributed by atoms with E-state index in [0.29, 0.717) is 18.1 Å². The van der Waals surface area contributed by atoms with Crippen LogP contribution in [0, 0.1) is 9.49 Å². The Morgan fingerprint density at radius 2 is 1.88 bits per heavy atom. The molecule has 0 unspecified atom stereocenters. The van der Waals surface area contributed by atoms with Gasteiger partial charge in [-0.15, -0.1) is 11.3 Å². The second-order valence-corrected chi connectivity index (χ2v) is 10.5. The summed E-state index contributed by atoms with van der Waals surface area (Å²) >= 11 is 9.33. The number of hydrogen-bond donors (Lipinski definition) is 2. The van der Waals surface area contributed by atoms with Gasteiger partial charge in [-0.2, -0.15) is 0 Å². The maximum atomic E-state index is 12.7. The first-order valence-electron chi connectivity index (χ1n) is 10.4. The van der Waals surface area contributed by atoms with Crippen molar-refractivity contribution < 1.29 is 9.53 Å². The van der Waals surface area contributed by atoms with Gasteiger partial charge in [0.2, 0.25) is 0 Å². The standard InChI is InChI=1S/C25H22IN3O2S2/c1-15(2)14-31-18-10-7-16(8-11-18)23(30)29-25(32)28-20-12-9-17(26)13-19(20)24-27-21-5-3-4-6-22(21)33-24/h3-13,15H,14H2,1-2H3,(H2,28,29,30,32). The van der Waals surface area contributed by atoms with Crippen molar-refractivity contribution in [2.45, 2.75) is 13.8 Å². The molecule has 4 rings (SSSR count). The topological polar surface area (TPSA) is 63.2 Å². The Kier molecular flexibility index (Phi) is 7.56. The van der Waals surface area contributed by atoms with Crippen molar-refractivity contribution >= 4 is 73.1 Å². The minimum Gasteiger partial charge on any atom is -0.493 e. The summed E-state index contributed by atoms with van der Waals surface area (Å²) < 4.78 is 7.88. The Labute approximate surface area is 215 Å². The number of nitrogens with zero attached hydrogens (tertiary/aromatic N) is 1. The van der Waals surface area contributed by atoms with Crippen LogP contribution in [0.25, 0.3) is 20.8 Å². The lowest BCUT2D eigenvalue weighted by Crippen LogP contribution is -2.34. The minimum absolute atomic E-state index is 0.226. The van der Waals surface area contributed by atoms with E-state index in [9.17, 15) is 4.79 Å². The number of benzene rings is 3. The molecule has 0 radical (unpaired) electrons. The third kappa shape index (κ3) is 6.07. The van der Waals surface area contributed by atoms with Gasteiger partial charge in [0.05, 0.1) is 22.5 Å². The van der Waals surface area contributed by atoms with Crippen molar-refractivity contribution in [2.75, 3.05) is 11.9 Å². The number of nitrogens with one attached hydrogen (secondary N) is 2. The van der Waals surface area contributed by atoms with Gasteiger partial charge in [-0.05, 0) is 95.3 Å². The fraction of sp³-hybridized carbons (Fsp3) is 0.160. The van der Waals surface area contributed by atoms with E-state index >= 15 is 0 Å². The van der Waals surface area contributed by atoms with Gasteiger partial charge >= 0.3 is 0 Å². The van der Waals surface area contributed by atoms with E-state index in [-0.39, 0.29) is 11.0 Å². The first kappa shape index (κ1) is 23.6. The van der Waals surface area contributed by atoms with Gasteiger partial charge in [0, 0.05) is 14.7 Å². The Morgan fingerprint density at radius 3 is 2.61 bits per heavy atom. The van der Waals surface area contributed by atoms with E-state index in [1.54, 1.807) is 35.6 Å². The number of carbonyl (C=O) groups excluding carboxylic acids is 1. The van der Waals surface area contributed by atoms with Crippen LogP contribution in [0.4, 0.5) is 5.69 Å². The summed E-state index contributed by atoms with van der Waals surface area (Å²) in [5.41, 5.74) is 3.19. The number of anilines is 1. The molecule has 0 aliphatic carbocycles. The summed E-state index contributed by atoms with van der Waals surface area (Å²) in [7, 11) is 0. The predicted octanol–water partition coefficient (Wildman–Crippen LogP) is 6.73. The summed E-state index contributed by atoms with van der Waals surface area (Å²) in [5.74, 6) is 0.889. The number of hydrogen-bond acceptors (Lipinski definition) is 5. The molecule has 0 aliphatic heterocycles. The number of halogens is 1. The van der Waals surface area contributed by atoms with Crippen molar-refractivity contribution in [1.29, 1.82) is 0 Å². The highest BCUT2D eigenvalue weighted by Gasteiger charge is 2.14. The van der Waals surface area contributed by atoms with Gasteiger partial charge in [-0.1, -0.05) is 26.0 Å². The van der Waals surface area contributed by atoms with Gasteiger partial charge < -0.3 is 10.1 Å². The SMILES string of the molecule is CC(C)COc1ccc(C(=O)NC(=S)Nc2ccc(I)cc2-c2nc3ccccc3s2)cc1.